The highest BCUT2D eigenvalue weighted by molar-refractivity contribution is 6.99. The monoisotopic (exact) mass is 436 g/mol. The van der Waals surface area contributed by atoms with Gasteiger partial charge in [-0.1, -0.05) is 81.4 Å². The van der Waals surface area contributed by atoms with Crippen molar-refractivity contribution in [1.82, 2.24) is 4.90 Å². The van der Waals surface area contributed by atoms with E-state index < -0.39 is 25.6 Å². The first-order chi connectivity index (χ1) is 14.4. The molecule has 1 saturated heterocycles. The van der Waals surface area contributed by atoms with E-state index in [0.29, 0.717) is 0 Å². The Morgan fingerprint density at radius 2 is 1.39 bits per heavy atom. The van der Waals surface area contributed by atoms with Gasteiger partial charge < -0.3 is 14.1 Å². The molecule has 0 saturated carbocycles. The topological polar surface area (TPSA) is 62.6 Å². The third kappa shape index (κ3) is 4.53. The maximum Gasteiger partial charge on any atom is 0.410 e. The third-order valence-electron chi connectivity index (χ3n) is 5.51. The molecule has 0 spiro atoms. The molecule has 0 aliphatic carbocycles. The number of ether oxygens (including phenoxy) is 1. The number of nitriles is 1. The van der Waals surface area contributed by atoms with E-state index in [0.717, 1.165) is 10.4 Å². The second-order valence-corrected chi connectivity index (χ2v) is 14.4. The standard InChI is InChI=1S/C25H32N2O3Si/c1-23(2,3)29-22(28)27-18-25(17-26,19-27)30-31(24(4,5)6,20-13-9-7-10-14-20)21-15-11-8-12-16-21/h7-16H,18-19H2,1-6H3. The van der Waals surface area contributed by atoms with Gasteiger partial charge in [0.05, 0.1) is 13.1 Å². The Hall–Kier alpha value is -2.62. The van der Waals surface area contributed by atoms with Crippen molar-refractivity contribution in [3.63, 3.8) is 0 Å². The van der Waals surface area contributed by atoms with Gasteiger partial charge in [0, 0.05) is 0 Å². The maximum atomic E-state index is 12.5. The third-order valence-corrected chi connectivity index (χ3v) is 10.6. The molecule has 2 aromatic rings. The number of hydrogen-bond donors (Lipinski definition) is 0. The Balaban J connectivity index is 2.02. The summed E-state index contributed by atoms with van der Waals surface area (Å²) in [5, 5.41) is 12.1. The van der Waals surface area contributed by atoms with Gasteiger partial charge in [0.25, 0.3) is 8.32 Å². The quantitative estimate of drug-likeness (QED) is 0.678. The number of carbonyl (C=O) groups is 1. The highest BCUT2D eigenvalue weighted by Gasteiger charge is 2.59. The van der Waals surface area contributed by atoms with Gasteiger partial charge in [-0.25, -0.2) is 4.79 Å². The van der Waals surface area contributed by atoms with Gasteiger partial charge in [0.15, 0.2) is 5.60 Å². The van der Waals surface area contributed by atoms with Gasteiger partial charge in [-0.05, 0) is 36.2 Å². The molecule has 0 aromatic heterocycles. The van der Waals surface area contributed by atoms with Crippen molar-refractivity contribution in [2.45, 2.75) is 57.8 Å². The zero-order chi connectivity index (χ0) is 22.9. The maximum absolute atomic E-state index is 12.5. The molecule has 5 nitrogen and oxygen atoms in total. The van der Waals surface area contributed by atoms with E-state index in [1.807, 2.05) is 57.2 Å². The molecule has 0 bridgehead atoms. The molecule has 6 heteroatoms. The van der Waals surface area contributed by atoms with E-state index in [1.165, 1.54) is 0 Å². The summed E-state index contributed by atoms with van der Waals surface area (Å²) in [5.74, 6) is 0. The molecule has 0 atom stereocenters. The van der Waals surface area contributed by atoms with Gasteiger partial charge in [-0.2, -0.15) is 5.26 Å². The van der Waals surface area contributed by atoms with Crippen LogP contribution in [-0.2, 0) is 9.16 Å². The Morgan fingerprint density at radius 3 is 1.74 bits per heavy atom. The Kier molecular flexibility index (Phi) is 6.05. The van der Waals surface area contributed by atoms with Crippen LogP contribution in [0.1, 0.15) is 41.5 Å². The molecular weight excluding hydrogens is 404 g/mol. The fraction of sp³-hybridized carbons (Fsp3) is 0.440. The summed E-state index contributed by atoms with van der Waals surface area (Å²) < 4.78 is 12.5. The predicted octanol–water partition coefficient (Wildman–Crippen LogP) is 4.08. The summed E-state index contributed by atoms with van der Waals surface area (Å²) in [4.78, 5) is 14.0. The van der Waals surface area contributed by atoms with Crippen LogP contribution in [0.5, 0.6) is 0 Å². The zero-order valence-electron chi connectivity index (χ0n) is 19.3. The smallest absolute Gasteiger partial charge is 0.410 e. The van der Waals surface area contributed by atoms with Crippen molar-refractivity contribution in [1.29, 1.82) is 5.26 Å². The van der Waals surface area contributed by atoms with E-state index in [9.17, 15) is 10.1 Å². The number of nitrogens with zero attached hydrogens (tertiary/aromatic N) is 2. The van der Waals surface area contributed by atoms with E-state index in [4.69, 9.17) is 9.16 Å². The zero-order valence-corrected chi connectivity index (χ0v) is 20.3. The molecule has 3 rings (SSSR count). The number of likely N-dealkylation sites (tertiary alicyclic amines) is 1. The molecule has 1 fully saturated rings. The van der Waals surface area contributed by atoms with Gasteiger partial charge in [0.1, 0.15) is 11.7 Å². The van der Waals surface area contributed by atoms with Crippen LogP contribution < -0.4 is 10.4 Å². The predicted molar refractivity (Wildman–Crippen MR) is 125 cm³/mol. The van der Waals surface area contributed by atoms with Crippen molar-refractivity contribution >= 4 is 24.8 Å². The van der Waals surface area contributed by atoms with Crippen molar-refractivity contribution in [3.05, 3.63) is 60.7 Å². The molecule has 1 heterocycles. The molecular formula is C25H32N2O3Si. The molecule has 1 aliphatic rings. The number of rotatable bonds is 4. The number of hydrogen-bond acceptors (Lipinski definition) is 4. The normalized spacial score (nSPS) is 16.2. The van der Waals surface area contributed by atoms with Crippen LogP contribution in [0.4, 0.5) is 4.79 Å². The number of amides is 1. The summed E-state index contributed by atoms with van der Waals surface area (Å²) in [7, 11) is -2.89. The van der Waals surface area contributed by atoms with Gasteiger partial charge in [-0.15, -0.1) is 0 Å². The fourth-order valence-corrected chi connectivity index (χ4v) is 8.82. The Morgan fingerprint density at radius 1 is 0.935 bits per heavy atom. The average Bonchev–Trinajstić information content (AvgIpc) is 2.67. The average molecular weight is 437 g/mol. The van der Waals surface area contributed by atoms with Crippen molar-refractivity contribution < 1.29 is 14.0 Å². The summed E-state index contributed by atoms with van der Waals surface area (Å²) in [5.41, 5.74) is -1.65. The summed E-state index contributed by atoms with van der Waals surface area (Å²) >= 11 is 0. The van der Waals surface area contributed by atoms with Gasteiger partial charge >= 0.3 is 6.09 Å². The van der Waals surface area contributed by atoms with Crippen LogP contribution in [0.15, 0.2) is 60.7 Å². The lowest BCUT2D eigenvalue weighted by Gasteiger charge is -2.53. The van der Waals surface area contributed by atoms with Crippen LogP contribution in [0.25, 0.3) is 0 Å². The summed E-state index contributed by atoms with van der Waals surface area (Å²) in [6.45, 7) is 12.4. The van der Waals surface area contributed by atoms with E-state index in [2.05, 4.69) is 51.1 Å². The lowest BCUT2D eigenvalue weighted by molar-refractivity contribution is -0.0560. The molecule has 1 aliphatic heterocycles. The first kappa shape index (κ1) is 23.0. The number of benzene rings is 2. The van der Waals surface area contributed by atoms with Crippen LogP contribution in [0, 0.1) is 11.3 Å². The lowest BCUT2D eigenvalue weighted by Crippen LogP contribution is -2.75. The second kappa shape index (κ2) is 8.14. The van der Waals surface area contributed by atoms with Gasteiger partial charge in [-0.3, -0.25) is 0 Å². The van der Waals surface area contributed by atoms with Crippen LogP contribution in [0.3, 0.4) is 0 Å². The Labute approximate surface area is 186 Å². The van der Waals surface area contributed by atoms with E-state index in [1.54, 1.807) is 4.90 Å². The first-order valence-electron chi connectivity index (χ1n) is 10.6. The van der Waals surface area contributed by atoms with Crippen molar-refractivity contribution in [3.8, 4) is 6.07 Å². The molecule has 0 N–H and O–H groups in total. The minimum Gasteiger partial charge on any atom is -0.444 e. The summed E-state index contributed by atoms with van der Waals surface area (Å²) in [6, 6.07) is 22.8. The Bertz CT molecular complexity index is 911. The molecule has 2 aromatic carbocycles. The number of carbonyl (C=O) groups excluding carboxylic acids is 1. The van der Waals surface area contributed by atoms with Crippen LogP contribution >= 0.6 is 0 Å². The van der Waals surface area contributed by atoms with Crippen LogP contribution in [-0.4, -0.2) is 43.6 Å². The molecule has 0 unspecified atom stereocenters. The van der Waals surface area contributed by atoms with E-state index in [-0.39, 0.29) is 18.1 Å². The summed E-state index contributed by atoms with van der Waals surface area (Å²) in [6.07, 6.45) is -0.413. The molecule has 1 amide bonds. The minimum atomic E-state index is -2.89. The molecule has 31 heavy (non-hydrogen) atoms. The van der Waals surface area contributed by atoms with E-state index >= 15 is 0 Å². The first-order valence-corrected chi connectivity index (χ1v) is 12.5. The second-order valence-electron chi connectivity index (χ2n) is 10.2. The van der Waals surface area contributed by atoms with Crippen LogP contribution in [0.2, 0.25) is 5.04 Å². The lowest BCUT2D eigenvalue weighted by atomic mass is 9.97. The van der Waals surface area contributed by atoms with Gasteiger partial charge in [0.2, 0.25) is 0 Å². The highest BCUT2D eigenvalue weighted by Crippen LogP contribution is 2.41. The molecule has 164 valence electrons. The SMILES string of the molecule is CC(C)(C)OC(=O)N1CC(C#N)(O[Si](c2ccccc2)(c2ccccc2)C(C)(C)C)C1. The molecule has 0 radical (unpaired) electrons. The van der Waals surface area contributed by atoms with Crippen molar-refractivity contribution in [2.24, 2.45) is 0 Å². The van der Waals surface area contributed by atoms with Crippen molar-refractivity contribution in [2.75, 3.05) is 13.1 Å². The minimum absolute atomic E-state index is 0.197. The highest BCUT2D eigenvalue weighted by atomic mass is 28.4. The largest absolute Gasteiger partial charge is 0.444 e. The fourth-order valence-electron chi connectivity index (χ4n) is 4.13.